The number of Topliss-reactive ketones (excluding diaryl/α,β-unsaturated/α-hetero) is 3. The van der Waals surface area contributed by atoms with Gasteiger partial charge in [-0.1, -0.05) is 268 Å². The zero-order valence-electron chi connectivity index (χ0n) is 91.3. The Labute approximate surface area is 873 Å². The van der Waals surface area contributed by atoms with Crippen molar-refractivity contribution in [3.63, 3.8) is 0 Å². The molecule has 25 nitrogen and oxygen atoms in total. The van der Waals surface area contributed by atoms with Gasteiger partial charge in [-0.15, -0.1) is 22.7 Å². The van der Waals surface area contributed by atoms with Gasteiger partial charge in [-0.3, -0.25) is 67.4 Å². The van der Waals surface area contributed by atoms with Gasteiger partial charge in [0.1, 0.15) is 28.2 Å². The van der Waals surface area contributed by atoms with Crippen molar-refractivity contribution in [1.82, 2.24) is 60.7 Å². The van der Waals surface area contributed by atoms with Crippen molar-refractivity contribution < 1.29 is 62.2 Å². The number of esters is 2. The van der Waals surface area contributed by atoms with Gasteiger partial charge in [0.05, 0.1) is 28.8 Å². The van der Waals surface area contributed by atoms with Gasteiger partial charge in [0, 0.05) is 131 Å². The molecule has 0 spiro atoms. The Morgan fingerprint density at radius 1 is 0.410 bits per heavy atom. The summed E-state index contributed by atoms with van der Waals surface area (Å²) in [6, 6.07) is 34.6. The SMILES string of the molecule is C.CC[C@H](C)[C@H](CC(=O)[C@H]1CCCCN1C)C(=O)N(C)[C@H](CCc1nc(C(=O)N[C@@H](Cc2ccccc2)CC(C)C)cs1)C(C)C.CC[C@H](C)[C@H](CC(=O)[C@H]1CCCCN1C)C(=O)N(C)[C@H](C[C@@H](OC(C)=O)c1cccc(C(=O)N[C@@H](Cc2ccccc2)CC(C)C)n1)C(C)C.CC[C@H](C)[C@H](CC(=O)[C@H]1CCCCN1C)C(=O)N[C@H](C[C@@H](OC(C)=O)c1nc(C(=O)N[C@@H](Cc2ccccc2)CC(C)C)cs1)C(C)C. The number of pyridine rings is 1. The van der Waals surface area contributed by atoms with E-state index in [1.54, 1.807) is 35.5 Å². The molecule has 3 aliphatic heterocycles. The summed E-state index contributed by atoms with van der Waals surface area (Å²) in [5, 5.41) is 17.8. The first kappa shape index (κ1) is 123. The minimum Gasteiger partial charge on any atom is -0.456 e. The second-order valence-corrected chi connectivity index (χ2v) is 45.5. The molecule has 144 heavy (non-hydrogen) atoms. The number of nitrogens with one attached hydrogen (secondary N) is 4. The Bertz CT molecular complexity index is 4890. The Morgan fingerprint density at radius 3 is 1.15 bits per heavy atom. The van der Waals surface area contributed by atoms with Gasteiger partial charge in [-0.2, -0.15) is 0 Å². The minimum absolute atomic E-state index is 0. The zero-order chi connectivity index (χ0) is 105. The standard InChI is InChI=1S/C41H62N4O5.C38H58N4O5S.C37H58N4O3S.CH4/c1-10-29(6)33(25-38(47)36-21-14-15-22-44(36)8)41(49)45(9)37(28(4)5)26-39(50-30(7)46)34-19-16-20-35(43-34)40(48)42-32(23-27(2)3)24-31-17-12-11-13-18-31;1-9-26(6)30(21-34(44)33-17-13-14-18-42(33)8)36(45)40-31(25(4)5)22-35(47-27(7)43)38-41-32(23-48-38)37(46)39-29(19-24(2)3)20-28-15-11-10-12-16-28;1-9-27(6)30(23-34(42)33-17-13-14-20-40(33)7)37(44)41(8)32(26(4)5)18-19-35-39-31(24-45-35)36(43)38-29(21-25(2)3)22-28-15-11-10-12-16-28;/h11-13,16-20,27-29,32-33,36-37,39H,10,14-15,21-26H2,1-9H3,(H,42,48);10-12,15-16,23-26,29-31,33,35H,9,13-14,17-22H2,1-8H3,(H,39,46)(H,40,45);10-12,15-16,24-27,29-30,32-33H,9,13-14,17-23H2,1-8H3,(H,38,43);1H4/t29-,32+,33-,36+,37+,39+;26-,29+,30-,31+,33+,35+;27-,29+,30-,32+,33+;/m000./s1. The Kier molecular flexibility index (Phi) is 53.8. The van der Waals surface area contributed by atoms with Crippen LogP contribution in [-0.4, -0.2) is 213 Å². The number of aryl methyl sites for hydroxylation is 1. The third kappa shape index (κ3) is 40.4. The molecule has 27 heteroatoms. The van der Waals surface area contributed by atoms with E-state index in [0.717, 1.165) is 145 Å². The summed E-state index contributed by atoms with van der Waals surface area (Å²) in [4.78, 5) is 171. The van der Waals surface area contributed by atoms with E-state index in [4.69, 9.17) is 19.4 Å². The highest BCUT2D eigenvalue weighted by atomic mass is 32.1. The van der Waals surface area contributed by atoms with Crippen LogP contribution in [0.15, 0.2) is 120 Å². The van der Waals surface area contributed by atoms with Crippen LogP contribution in [0.2, 0.25) is 0 Å². The number of ketones is 3. The molecule has 800 valence electrons. The number of hydrogen-bond acceptors (Lipinski definition) is 21. The molecule has 0 saturated carbocycles. The number of carbonyl (C=O) groups is 11. The van der Waals surface area contributed by atoms with Gasteiger partial charge in [0.15, 0.2) is 23.5 Å². The fourth-order valence-corrected chi connectivity index (χ4v) is 22.2. The molecule has 3 saturated heterocycles. The topological polar surface area (TPSA) is 309 Å². The molecule has 0 radical (unpaired) electrons. The predicted molar refractivity (Wildman–Crippen MR) is 582 cm³/mol. The zero-order valence-corrected chi connectivity index (χ0v) is 93.0. The highest BCUT2D eigenvalue weighted by molar-refractivity contribution is 7.10. The molecule has 17 atom stereocenters. The number of nitrogens with zero attached hydrogens (tertiary/aromatic N) is 8. The van der Waals surface area contributed by atoms with Crippen LogP contribution in [0.4, 0.5) is 0 Å². The molecule has 4 N–H and O–H groups in total. The van der Waals surface area contributed by atoms with Crippen LogP contribution < -0.4 is 21.3 Å². The van der Waals surface area contributed by atoms with Crippen molar-refractivity contribution in [2.75, 3.05) is 54.9 Å². The van der Waals surface area contributed by atoms with E-state index in [-0.39, 0.29) is 180 Å². The van der Waals surface area contributed by atoms with Crippen molar-refractivity contribution >= 4 is 87.4 Å². The summed E-state index contributed by atoms with van der Waals surface area (Å²) in [6.45, 7) is 43.1. The number of carbonyl (C=O) groups excluding carboxylic acids is 11. The van der Waals surface area contributed by atoms with Crippen molar-refractivity contribution in [3.05, 3.63) is 169 Å². The van der Waals surface area contributed by atoms with E-state index in [1.807, 2.05) is 142 Å². The van der Waals surface area contributed by atoms with Gasteiger partial charge in [-0.25, -0.2) is 15.0 Å². The van der Waals surface area contributed by atoms with Crippen LogP contribution in [0.1, 0.15) is 357 Å². The van der Waals surface area contributed by atoms with E-state index in [1.165, 1.54) is 42.1 Å². The first-order valence-corrected chi connectivity index (χ1v) is 55.4. The Morgan fingerprint density at radius 2 is 0.778 bits per heavy atom. The van der Waals surface area contributed by atoms with Crippen molar-refractivity contribution in [3.8, 4) is 0 Å². The van der Waals surface area contributed by atoms with Crippen molar-refractivity contribution in [1.29, 1.82) is 0 Å². The minimum atomic E-state index is -0.779. The summed E-state index contributed by atoms with van der Waals surface area (Å²) < 4.78 is 11.6. The number of benzene rings is 3. The lowest BCUT2D eigenvalue weighted by Crippen LogP contribution is -2.48. The summed E-state index contributed by atoms with van der Waals surface area (Å²) in [6.07, 6.45) is 17.4. The maximum absolute atomic E-state index is 14.3. The molecule has 0 aliphatic carbocycles. The second kappa shape index (κ2) is 62.8. The molecule has 0 bridgehead atoms. The lowest BCUT2D eigenvalue weighted by atomic mass is 9.82. The van der Waals surface area contributed by atoms with Crippen LogP contribution in [0, 0.1) is 71.0 Å². The molecule has 9 rings (SSSR count). The molecule has 6 aromatic rings. The molecule has 3 aliphatic rings. The number of likely N-dealkylation sites (tertiary alicyclic amines) is 3. The average molecular weight is 2030 g/mol. The number of rotatable bonds is 53. The molecule has 3 aromatic carbocycles. The van der Waals surface area contributed by atoms with E-state index < -0.39 is 36.0 Å². The number of aromatic nitrogens is 3. The lowest BCUT2D eigenvalue weighted by Gasteiger charge is -2.38. The summed E-state index contributed by atoms with van der Waals surface area (Å²) >= 11 is 2.78. The number of ether oxygens (including phenoxy) is 2. The largest absolute Gasteiger partial charge is 0.456 e. The highest BCUT2D eigenvalue weighted by Crippen LogP contribution is 2.36. The van der Waals surface area contributed by atoms with Crippen LogP contribution in [0.5, 0.6) is 0 Å². The number of piperidine rings is 3. The van der Waals surface area contributed by atoms with Gasteiger partial charge in [0.25, 0.3) is 17.7 Å². The van der Waals surface area contributed by atoms with Crippen molar-refractivity contribution in [2.45, 2.75) is 373 Å². The maximum Gasteiger partial charge on any atom is 0.303 e. The van der Waals surface area contributed by atoms with E-state index in [0.29, 0.717) is 72.7 Å². The third-order valence-electron chi connectivity index (χ3n) is 29.6. The highest BCUT2D eigenvalue weighted by Gasteiger charge is 2.42. The van der Waals surface area contributed by atoms with Crippen LogP contribution in [0.25, 0.3) is 0 Å². The summed E-state index contributed by atoms with van der Waals surface area (Å²) in [5.74, 6) is -0.778. The number of amides is 6. The average Bonchev–Trinajstić information content (AvgIpc) is 1.30. The number of hydrogen-bond donors (Lipinski definition) is 4. The molecule has 0 unspecified atom stereocenters. The predicted octanol–water partition coefficient (Wildman–Crippen LogP) is 21.5. The van der Waals surface area contributed by atoms with Gasteiger partial charge >= 0.3 is 11.9 Å². The van der Waals surface area contributed by atoms with Crippen molar-refractivity contribution in [2.24, 2.45) is 71.0 Å². The Balaban J connectivity index is 0.000000330. The smallest absolute Gasteiger partial charge is 0.303 e. The molecular formula is C117H182N12O13S2. The first-order chi connectivity index (χ1) is 67.9. The van der Waals surface area contributed by atoms with E-state index in [9.17, 15) is 52.7 Å². The van der Waals surface area contributed by atoms with E-state index in [2.05, 4.69) is 154 Å². The van der Waals surface area contributed by atoms with E-state index >= 15 is 0 Å². The molecule has 3 fully saturated rings. The van der Waals surface area contributed by atoms with Crippen LogP contribution in [-0.2, 0) is 73.5 Å². The quantitative estimate of drug-likeness (QED) is 0.0258. The number of thiazole rings is 2. The van der Waals surface area contributed by atoms with Gasteiger partial charge < -0.3 is 40.5 Å². The van der Waals surface area contributed by atoms with Crippen LogP contribution in [0.3, 0.4) is 0 Å². The lowest BCUT2D eigenvalue weighted by molar-refractivity contribution is -0.150. The summed E-state index contributed by atoms with van der Waals surface area (Å²) in [7, 11) is 9.72. The fraction of sp³-hybridized carbons (Fsp3) is 0.658. The third-order valence-corrected chi connectivity index (χ3v) is 31.5. The molecular weight excluding hydrogens is 1850 g/mol. The monoisotopic (exact) mass is 2030 g/mol. The molecule has 3 aromatic heterocycles. The first-order valence-electron chi connectivity index (χ1n) is 53.7. The van der Waals surface area contributed by atoms with Crippen LogP contribution >= 0.6 is 22.7 Å². The fourth-order valence-electron chi connectivity index (χ4n) is 20.6. The summed E-state index contributed by atoms with van der Waals surface area (Å²) in [5.41, 5.74) is 4.96. The van der Waals surface area contributed by atoms with Gasteiger partial charge in [-0.05, 0) is 206 Å². The Hall–Kier alpha value is -9.28. The molecule has 6 heterocycles. The number of likely N-dealkylation sites (N-methyl/N-ethyl adjacent to an activating group) is 3. The molecule has 6 amide bonds. The van der Waals surface area contributed by atoms with Gasteiger partial charge in [0.2, 0.25) is 17.7 Å². The maximum atomic E-state index is 14.3. The second-order valence-electron chi connectivity index (χ2n) is 43.7. The normalized spacial score (nSPS) is 18.2.